The van der Waals surface area contributed by atoms with Gasteiger partial charge in [-0.25, -0.2) is 0 Å². The number of rotatable bonds is 2. The van der Waals surface area contributed by atoms with Crippen molar-refractivity contribution in [1.82, 2.24) is 0 Å². The van der Waals surface area contributed by atoms with Gasteiger partial charge in [-0.3, -0.25) is 0 Å². The Morgan fingerprint density at radius 1 is 1.30 bits per heavy atom. The quantitative estimate of drug-likeness (QED) is 0.358. The maximum atomic E-state index is 8.44. The van der Waals surface area contributed by atoms with Gasteiger partial charge in [-0.05, 0) is 32.8 Å². The molecule has 0 bridgehead atoms. The van der Waals surface area contributed by atoms with Crippen molar-refractivity contribution >= 4 is 5.71 Å². The van der Waals surface area contributed by atoms with Gasteiger partial charge in [-0.1, -0.05) is 17.7 Å². The summed E-state index contributed by atoms with van der Waals surface area (Å²) >= 11 is 0. The molecule has 0 heterocycles. The molecule has 0 aromatic carbocycles. The summed E-state index contributed by atoms with van der Waals surface area (Å²) in [4.78, 5) is 0. The van der Waals surface area contributed by atoms with Crippen molar-refractivity contribution in [3.63, 3.8) is 0 Å². The Hall–Kier alpha value is -0.790. The Morgan fingerprint density at radius 2 is 1.80 bits per heavy atom. The summed E-state index contributed by atoms with van der Waals surface area (Å²) in [6.07, 6.45) is 0.929. The van der Waals surface area contributed by atoms with Crippen molar-refractivity contribution in [2.24, 2.45) is 5.16 Å². The van der Waals surface area contributed by atoms with E-state index >= 15 is 0 Å². The van der Waals surface area contributed by atoms with E-state index in [4.69, 9.17) is 5.21 Å². The molecule has 2 heteroatoms. The molecule has 0 aliphatic rings. The third-order valence-corrected chi connectivity index (χ3v) is 1.54. The van der Waals surface area contributed by atoms with Crippen molar-refractivity contribution in [2.45, 2.75) is 34.1 Å². The maximum absolute atomic E-state index is 8.44. The standard InChI is InChI=1S/C8H15NO/c1-5-8(6(2)3)7(4)9-10/h10H,5H2,1-4H3. The van der Waals surface area contributed by atoms with Crippen LogP contribution in [0.5, 0.6) is 0 Å². The van der Waals surface area contributed by atoms with Crippen LogP contribution in [0.1, 0.15) is 34.1 Å². The summed E-state index contributed by atoms with van der Waals surface area (Å²) < 4.78 is 0. The fraction of sp³-hybridized carbons (Fsp3) is 0.625. The first kappa shape index (κ1) is 9.21. The Balaban J connectivity index is 4.54. The second-order valence-corrected chi connectivity index (χ2v) is 2.52. The molecule has 0 aliphatic heterocycles. The summed E-state index contributed by atoms with van der Waals surface area (Å²) in [5.41, 5.74) is 3.09. The average molecular weight is 141 g/mol. The van der Waals surface area contributed by atoms with Crippen LogP contribution in [0.2, 0.25) is 0 Å². The molecule has 0 spiro atoms. The van der Waals surface area contributed by atoms with E-state index in [9.17, 15) is 0 Å². The van der Waals surface area contributed by atoms with Crippen LogP contribution in [-0.4, -0.2) is 10.9 Å². The molecular formula is C8H15NO. The van der Waals surface area contributed by atoms with Crippen LogP contribution in [-0.2, 0) is 0 Å². The minimum atomic E-state index is 0.725. The predicted molar refractivity (Wildman–Crippen MR) is 43.6 cm³/mol. The fourth-order valence-corrected chi connectivity index (χ4v) is 1.03. The van der Waals surface area contributed by atoms with Gasteiger partial charge < -0.3 is 5.21 Å². The van der Waals surface area contributed by atoms with Crippen LogP contribution in [0.3, 0.4) is 0 Å². The van der Waals surface area contributed by atoms with E-state index in [2.05, 4.69) is 12.1 Å². The first-order valence-corrected chi connectivity index (χ1v) is 3.48. The molecule has 10 heavy (non-hydrogen) atoms. The fourth-order valence-electron chi connectivity index (χ4n) is 1.03. The largest absolute Gasteiger partial charge is 0.411 e. The molecule has 0 saturated heterocycles. The molecule has 0 radical (unpaired) electrons. The van der Waals surface area contributed by atoms with Gasteiger partial charge in [0.2, 0.25) is 0 Å². The van der Waals surface area contributed by atoms with Gasteiger partial charge in [0.15, 0.2) is 0 Å². The van der Waals surface area contributed by atoms with E-state index in [-0.39, 0.29) is 0 Å². The van der Waals surface area contributed by atoms with Crippen LogP contribution < -0.4 is 0 Å². The number of oxime groups is 1. The van der Waals surface area contributed by atoms with E-state index in [0.717, 1.165) is 17.7 Å². The highest BCUT2D eigenvalue weighted by atomic mass is 16.4. The number of hydrogen-bond acceptors (Lipinski definition) is 2. The van der Waals surface area contributed by atoms with Crippen molar-refractivity contribution < 1.29 is 5.21 Å². The zero-order chi connectivity index (χ0) is 8.15. The Kier molecular flexibility index (Phi) is 3.77. The van der Waals surface area contributed by atoms with Gasteiger partial charge in [-0.15, -0.1) is 0 Å². The van der Waals surface area contributed by atoms with Gasteiger partial charge in [0.1, 0.15) is 0 Å². The van der Waals surface area contributed by atoms with Crippen molar-refractivity contribution in [1.29, 1.82) is 0 Å². The molecule has 0 aromatic rings. The maximum Gasteiger partial charge on any atom is 0.0795 e. The molecule has 1 N–H and O–H groups in total. The second-order valence-electron chi connectivity index (χ2n) is 2.52. The van der Waals surface area contributed by atoms with Crippen molar-refractivity contribution in [3.8, 4) is 0 Å². The summed E-state index contributed by atoms with van der Waals surface area (Å²) in [6.45, 7) is 7.91. The van der Waals surface area contributed by atoms with Crippen LogP contribution in [0, 0.1) is 0 Å². The molecule has 0 rings (SSSR count). The lowest BCUT2D eigenvalue weighted by atomic mass is 10.0. The molecule has 58 valence electrons. The van der Waals surface area contributed by atoms with E-state index in [1.807, 2.05) is 20.8 Å². The molecule has 0 aliphatic carbocycles. The smallest absolute Gasteiger partial charge is 0.0795 e. The van der Waals surface area contributed by atoms with Gasteiger partial charge in [0.05, 0.1) is 5.71 Å². The normalized spacial score (nSPS) is 11.4. The van der Waals surface area contributed by atoms with E-state index in [1.54, 1.807) is 0 Å². The zero-order valence-electron chi connectivity index (χ0n) is 7.10. The van der Waals surface area contributed by atoms with E-state index < -0.39 is 0 Å². The molecule has 0 fully saturated rings. The van der Waals surface area contributed by atoms with Gasteiger partial charge >= 0.3 is 0 Å². The topological polar surface area (TPSA) is 32.6 Å². The average Bonchev–Trinajstić information content (AvgIpc) is 1.88. The number of hydrogen-bond donors (Lipinski definition) is 1. The zero-order valence-corrected chi connectivity index (χ0v) is 7.10. The molecular weight excluding hydrogens is 126 g/mol. The molecule has 0 saturated carbocycles. The van der Waals surface area contributed by atoms with Gasteiger partial charge in [0, 0.05) is 0 Å². The SMILES string of the molecule is CCC(C(C)=NO)=C(C)C. The first-order valence-electron chi connectivity index (χ1n) is 3.48. The van der Waals surface area contributed by atoms with Gasteiger partial charge in [0.25, 0.3) is 0 Å². The molecule has 0 aromatic heterocycles. The Morgan fingerprint density at radius 3 is 1.90 bits per heavy atom. The molecule has 0 unspecified atom stereocenters. The second kappa shape index (κ2) is 4.09. The van der Waals surface area contributed by atoms with Crippen LogP contribution >= 0.6 is 0 Å². The predicted octanol–water partition coefficient (Wildman–Crippen LogP) is 2.58. The van der Waals surface area contributed by atoms with Crippen LogP contribution in [0.15, 0.2) is 16.3 Å². The highest BCUT2D eigenvalue weighted by molar-refractivity contribution is 5.98. The monoisotopic (exact) mass is 141 g/mol. The number of nitrogens with zero attached hydrogens (tertiary/aromatic N) is 1. The summed E-state index contributed by atoms with van der Waals surface area (Å²) in [5, 5.41) is 11.6. The highest BCUT2D eigenvalue weighted by Crippen LogP contribution is 2.09. The summed E-state index contributed by atoms with van der Waals surface area (Å²) in [7, 11) is 0. The summed E-state index contributed by atoms with van der Waals surface area (Å²) in [5.74, 6) is 0. The van der Waals surface area contributed by atoms with Crippen LogP contribution in [0.4, 0.5) is 0 Å². The Bertz CT molecular complexity index is 158. The highest BCUT2D eigenvalue weighted by Gasteiger charge is 1.99. The van der Waals surface area contributed by atoms with E-state index in [0.29, 0.717) is 0 Å². The van der Waals surface area contributed by atoms with E-state index in [1.165, 1.54) is 5.57 Å². The minimum Gasteiger partial charge on any atom is -0.411 e. The molecule has 0 atom stereocenters. The Labute approximate surface area is 62.2 Å². The molecule has 2 nitrogen and oxygen atoms in total. The lowest BCUT2D eigenvalue weighted by Crippen LogP contribution is -1.97. The summed E-state index contributed by atoms with van der Waals surface area (Å²) in [6, 6.07) is 0. The third-order valence-electron chi connectivity index (χ3n) is 1.54. The van der Waals surface area contributed by atoms with Gasteiger partial charge in [-0.2, -0.15) is 0 Å². The minimum absolute atomic E-state index is 0.725. The van der Waals surface area contributed by atoms with Crippen LogP contribution in [0.25, 0.3) is 0 Å². The number of allylic oxidation sites excluding steroid dienone is 2. The van der Waals surface area contributed by atoms with Crippen molar-refractivity contribution in [3.05, 3.63) is 11.1 Å². The first-order chi connectivity index (χ1) is 4.63. The lowest BCUT2D eigenvalue weighted by molar-refractivity contribution is 0.318. The lowest BCUT2D eigenvalue weighted by Gasteiger charge is -2.03. The van der Waals surface area contributed by atoms with Crippen molar-refractivity contribution in [2.75, 3.05) is 0 Å². The molecule has 0 amide bonds. The third kappa shape index (κ3) is 2.21.